The van der Waals surface area contributed by atoms with Crippen molar-refractivity contribution in [2.24, 2.45) is 4.99 Å². The normalized spacial score (nSPS) is 17.7. The molecule has 0 fully saturated rings. The number of benzene rings is 5. The molecule has 1 aliphatic heterocycles. The summed E-state index contributed by atoms with van der Waals surface area (Å²) in [4.78, 5) is 7.44. The van der Waals surface area contributed by atoms with E-state index in [9.17, 15) is 0 Å². The van der Waals surface area contributed by atoms with Crippen LogP contribution < -0.4 is 4.90 Å². The van der Waals surface area contributed by atoms with Gasteiger partial charge >= 0.3 is 0 Å². The minimum atomic E-state index is 0.801. The molecule has 2 nitrogen and oxygen atoms in total. The van der Waals surface area contributed by atoms with E-state index in [0.717, 1.165) is 55.9 Å². The summed E-state index contributed by atoms with van der Waals surface area (Å²) in [6.07, 6.45) is 16.0. The van der Waals surface area contributed by atoms with Gasteiger partial charge in [0.25, 0.3) is 0 Å². The zero-order valence-corrected chi connectivity index (χ0v) is 24.3. The summed E-state index contributed by atoms with van der Waals surface area (Å²) in [5.41, 5.74) is 8.83. The Morgan fingerprint density at radius 2 is 1.38 bits per heavy atom. The average molecular weight is 545 g/mol. The molecule has 5 aromatic carbocycles. The topological polar surface area (TPSA) is 15.6 Å². The van der Waals surface area contributed by atoms with Gasteiger partial charge in [0.2, 0.25) is 0 Å². The van der Waals surface area contributed by atoms with Crippen LogP contribution in [0.5, 0.6) is 0 Å². The van der Waals surface area contributed by atoms with Gasteiger partial charge < -0.3 is 4.90 Å². The lowest BCUT2D eigenvalue weighted by Crippen LogP contribution is -2.32. The first-order valence-electron chi connectivity index (χ1n) is 15.2. The van der Waals surface area contributed by atoms with Crippen molar-refractivity contribution >= 4 is 38.6 Å². The minimum Gasteiger partial charge on any atom is -0.322 e. The molecule has 0 saturated carbocycles. The number of anilines is 1. The van der Waals surface area contributed by atoms with Crippen LogP contribution >= 0.6 is 0 Å². The Morgan fingerprint density at radius 1 is 0.619 bits per heavy atom. The SMILES string of the molecule is Cc1ccc2c(C3=CCCC=C3)c3ccccc3c(-c3ccc(N4C/C=C\CCC/N=C\4c4ccccc4)cc3)c2c1. The smallest absolute Gasteiger partial charge is 0.135 e. The van der Waals surface area contributed by atoms with Gasteiger partial charge in [-0.05, 0) is 88.5 Å². The number of aryl methyl sites for hydroxylation is 1. The molecule has 5 aromatic rings. The summed E-state index contributed by atoms with van der Waals surface area (Å²) in [6, 6.07) is 35.6. The monoisotopic (exact) mass is 544 g/mol. The van der Waals surface area contributed by atoms with Crippen molar-refractivity contribution in [1.82, 2.24) is 0 Å². The van der Waals surface area contributed by atoms with Gasteiger partial charge in [-0.3, -0.25) is 4.99 Å². The molecular weight excluding hydrogens is 508 g/mol. The van der Waals surface area contributed by atoms with E-state index in [1.54, 1.807) is 0 Å². The second-order valence-corrected chi connectivity index (χ2v) is 11.3. The molecule has 0 unspecified atom stereocenters. The number of nitrogens with zero attached hydrogens (tertiary/aromatic N) is 2. The predicted molar refractivity (Wildman–Crippen MR) is 182 cm³/mol. The van der Waals surface area contributed by atoms with E-state index >= 15 is 0 Å². The predicted octanol–water partition coefficient (Wildman–Crippen LogP) is 10.3. The van der Waals surface area contributed by atoms with Crippen LogP contribution in [0.4, 0.5) is 5.69 Å². The molecule has 0 amide bonds. The third kappa shape index (κ3) is 4.99. The van der Waals surface area contributed by atoms with E-state index in [2.05, 4.69) is 139 Å². The highest BCUT2D eigenvalue weighted by molar-refractivity contribution is 6.19. The van der Waals surface area contributed by atoms with Crippen LogP contribution in [0.25, 0.3) is 38.2 Å². The van der Waals surface area contributed by atoms with Crippen molar-refractivity contribution in [3.05, 3.63) is 144 Å². The summed E-state index contributed by atoms with van der Waals surface area (Å²) >= 11 is 0. The number of aliphatic imine (C=N–C) groups is 1. The van der Waals surface area contributed by atoms with E-state index in [-0.39, 0.29) is 0 Å². The summed E-state index contributed by atoms with van der Waals surface area (Å²) in [5.74, 6) is 1.04. The number of amidine groups is 1. The van der Waals surface area contributed by atoms with Gasteiger partial charge in [-0.1, -0.05) is 121 Å². The fraction of sp³-hybridized carbons (Fsp3) is 0.175. The fourth-order valence-electron chi connectivity index (χ4n) is 6.45. The molecule has 7 rings (SSSR count). The van der Waals surface area contributed by atoms with Gasteiger partial charge in [0, 0.05) is 24.3 Å². The van der Waals surface area contributed by atoms with Crippen LogP contribution in [0.2, 0.25) is 0 Å². The van der Waals surface area contributed by atoms with E-state index in [4.69, 9.17) is 4.99 Å². The molecular formula is C40H36N2. The number of hydrogen-bond donors (Lipinski definition) is 0. The van der Waals surface area contributed by atoms with Crippen LogP contribution in [-0.4, -0.2) is 18.9 Å². The first kappa shape index (κ1) is 26.2. The first-order chi connectivity index (χ1) is 20.8. The third-order valence-corrected chi connectivity index (χ3v) is 8.46. The van der Waals surface area contributed by atoms with Gasteiger partial charge in [-0.2, -0.15) is 0 Å². The van der Waals surface area contributed by atoms with Gasteiger partial charge in [0.1, 0.15) is 5.84 Å². The van der Waals surface area contributed by atoms with Crippen molar-refractivity contribution in [3.63, 3.8) is 0 Å². The number of allylic oxidation sites excluding steroid dienone is 5. The Bertz CT molecular complexity index is 1870. The molecule has 0 spiro atoms. The third-order valence-electron chi connectivity index (χ3n) is 8.46. The summed E-state index contributed by atoms with van der Waals surface area (Å²) in [6.45, 7) is 3.83. The summed E-state index contributed by atoms with van der Waals surface area (Å²) in [7, 11) is 0. The highest BCUT2D eigenvalue weighted by Crippen LogP contribution is 2.43. The lowest BCUT2D eigenvalue weighted by Gasteiger charge is -2.26. The molecule has 0 N–H and O–H groups in total. The maximum absolute atomic E-state index is 5.09. The maximum Gasteiger partial charge on any atom is 0.135 e. The highest BCUT2D eigenvalue weighted by atomic mass is 15.2. The Labute approximate surface area is 249 Å². The Morgan fingerprint density at radius 3 is 2.17 bits per heavy atom. The average Bonchev–Trinajstić information content (AvgIpc) is 3.17. The van der Waals surface area contributed by atoms with Crippen molar-refractivity contribution in [2.75, 3.05) is 18.0 Å². The Hall–Kier alpha value is -4.69. The van der Waals surface area contributed by atoms with Gasteiger partial charge in [-0.25, -0.2) is 0 Å². The fourth-order valence-corrected chi connectivity index (χ4v) is 6.45. The number of rotatable bonds is 4. The second kappa shape index (κ2) is 11.7. The first-order valence-corrected chi connectivity index (χ1v) is 15.2. The van der Waals surface area contributed by atoms with Gasteiger partial charge in [0.15, 0.2) is 0 Å². The highest BCUT2D eigenvalue weighted by Gasteiger charge is 2.19. The zero-order chi connectivity index (χ0) is 28.3. The quantitative estimate of drug-likeness (QED) is 0.162. The van der Waals surface area contributed by atoms with Crippen LogP contribution in [-0.2, 0) is 0 Å². The summed E-state index contributed by atoms with van der Waals surface area (Å²) < 4.78 is 0. The molecule has 0 saturated heterocycles. The number of fused-ring (bicyclic) bond motifs is 2. The molecule has 0 bridgehead atoms. The molecule has 0 radical (unpaired) electrons. The molecule has 1 heterocycles. The van der Waals surface area contributed by atoms with Crippen LogP contribution in [0.15, 0.2) is 132 Å². The molecule has 2 heteroatoms. The van der Waals surface area contributed by atoms with E-state index < -0.39 is 0 Å². The Balaban J connectivity index is 1.39. The maximum atomic E-state index is 5.09. The largest absolute Gasteiger partial charge is 0.322 e. The van der Waals surface area contributed by atoms with Crippen LogP contribution in [0.3, 0.4) is 0 Å². The minimum absolute atomic E-state index is 0.801. The standard InChI is InChI=1S/C40H36N2/c1-29-20-25-36-37(28-29)39(35-19-11-10-18-34(35)38(36)30-14-6-4-7-15-30)31-21-23-33(24-22-31)42-27-13-3-2-12-26-41-40(42)32-16-8-5-9-17-32/h3,5-6,8-11,13-25,28H,2,4,7,12,26-27H2,1H3/b13-3-,41-40-. The van der Waals surface area contributed by atoms with Crippen molar-refractivity contribution in [2.45, 2.75) is 32.6 Å². The molecule has 206 valence electrons. The van der Waals surface area contributed by atoms with Gasteiger partial charge in [-0.15, -0.1) is 0 Å². The van der Waals surface area contributed by atoms with E-state index in [1.165, 1.54) is 49.4 Å². The number of hydrogen-bond acceptors (Lipinski definition) is 2. The van der Waals surface area contributed by atoms with Crippen molar-refractivity contribution in [1.29, 1.82) is 0 Å². The molecule has 1 aliphatic carbocycles. The van der Waals surface area contributed by atoms with Gasteiger partial charge in [0.05, 0.1) is 0 Å². The van der Waals surface area contributed by atoms with Crippen molar-refractivity contribution < 1.29 is 0 Å². The van der Waals surface area contributed by atoms with E-state index in [1.807, 2.05) is 0 Å². The second-order valence-electron chi connectivity index (χ2n) is 11.3. The lowest BCUT2D eigenvalue weighted by atomic mass is 9.84. The summed E-state index contributed by atoms with van der Waals surface area (Å²) in [5, 5.41) is 5.25. The zero-order valence-electron chi connectivity index (χ0n) is 24.3. The van der Waals surface area contributed by atoms with Crippen molar-refractivity contribution in [3.8, 4) is 11.1 Å². The molecule has 2 aliphatic rings. The molecule has 0 atom stereocenters. The van der Waals surface area contributed by atoms with E-state index in [0.29, 0.717) is 0 Å². The van der Waals surface area contributed by atoms with Crippen LogP contribution in [0.1, 0.15) is 42.4 Å². The molecule has 0 aromatic heterocycles. The molecule has 42 heavy (non-hydrogen) atoms. The Kier molecular flexibility index (Phi) is 7.28. The lowest BCUT2D eigenvalue weighted by molar-refractivity contribution is 0.856. The van der Waals surface area contributed by atoms with Crippen LogP contribution in [0, 0.1) is 6.92 Å².